The number of nitrogens with zero attached hydrogens (tertiary/aromatic N) is 1. The molecule has 0 aliphatic heterocycles. The molecule has 1 aromatic rings. The summed E-state index contributed by atoms with van der Waals surface area (Å²) in [6.07, 6.45) is 7.17. The van der Waals surface area contributed by atoms with Crippen LogP contribution in [0.25, 0.3) is 0 Å². The fourth-order valence-corrected chi connectivity index (χ4v) is 4.53. The lowest BCUT2D eigenvalue weighted by molar-refractivity contribution is -0.116. The van der Waals surface area contributed by atoms with Crippen LogP contribution in [0.1, 0.15) is 44.9 Å². The lowest BCUT2D eigenvalue weighted by atomic mass is 10.1. The van der Waals surface area contributed by atoms with Crippen molar-refractivity contribution in [2.45, 2.75) is 51.0 Å². The Hall–Kier alpha value is -1.18. The first-order valence-electron chi connectivity index (χ1n) is 8.49. The summed E-state index contributed by atoms with van der Waals surface area (Å²) < 4.78 is 38.9. The molecule has 0 unspecified atom stereocenters. The van der Waals surface area contributed by atoms with Gasteiger partial charge in [-0.1, -0.05) is 37.3 Å². The van der Waals surface area contributed by atoms with Crippen molar-refractivity contribution in [1.29, 1.82) is 0 Å². The van der Waals surface area contributed by atoms with E-state index in [2.05, 4.69) is 5.32 Å². The van der Waals surface area contributed by atoms with Crippen LogP contribution < -0.4 is 5.32 Å². The van der Waals surface area contributed by atoms with E-state index in [0.717, 1.165) is 38.5 Å². The fraction of sp³-hybridized carbons (Fsp3) is 0.588. The molecule has 0 heterocycles. The maximum Gasteiger partial charge on any atom is 0.225 e. The summed E-state index contributed by atoms with van der Waals surface area (Å²) in [5.74, 6) is -0.888. The molecule has 8 heteroatoms. The number of carbonyl (C=O) groups excluding carboxylic acids is 1. The van der Waals surface area contributed by atoms with Crippen LogP contribution >= 0.6 is 11.6 Å². The van der Waals surface area contributed by atoms with E-state index in [0.29, 0.717) is 5.69 Å². The van der Waals surface area contributed by atoms with Crippen molar-refractivity contribution in [3.05, 3.63) is 29.0 Å². The molecule has 1 fully saturated rings. The Kier molecular flexibility index (Phi) is 7.22. The number of hydrogen-bond acceptors (Lipinski definition) is 3. The number of benzene rings is 1. The van der Waals surface area contributed by atoms with Gasteiger partial charge in [0.05, 0.1) is 11.3 Å². The van der Waals surface area contributed by atoms with E-state index in [-0.39, 0.29) is 29.9 Å². The van der Waals surface area contributed by atoms with Gasteiger partial charge in [-0.25, -0.2) is 12.8 Å². The molecule has 1 amide bonds. The van der Waals surface area contributed by atoms with Crippen molar-refractivity contribution in [2.75, 3.05) is 18.1 Å². The molecular formula is C17H24ClFN2O3S. The molecule has 0 atom stereocenters. The van der Waals surface area contributed by atoms with Crippen LogP contribution in [0.3, 0.4) is 0 Å². The minimum Gasteiger partial charge on any atom is -0.326 e. The zero-order valence-corrected chi connectivity index (χ0v) is 15.9. The number of anilines is 1. The van der Waals surface area contributed by atoms with Crippen molar-refractivity contribution in [2.24, 2.45) is 0 Å². The normalized spacial score (nSPS) is 16.6. The molecule has 0 spiro atoms. The summed E-state index contributed by atoms with van der Waals surface area (Å²) in [5.41, 5.74) is 0.386. The summed E-state index contributed by atoms with van der Waals surface area (Å²) >= 11 is 5.69. The molecular weight excluding hydrogens is 367 g/mol. The third kappa shape index (κ3) is 6.24. The summed E-state index contributed by atoms with van der Waals surface area (Å²) in [5, 5.41) is 2.55. The maximum atomic E-state index is 13.1. The van der Waals surface area contributed by atoms with Crippen LogP contribution in [-0.2, 0) is 14.8 Å². The average molecular weight is 391 g/mol. The van der Waals surface area contributed by atoms with Crippen molar-refractivity contribution < 1.29 is 17.6 Å². The first kappa shape index (κ1) is 20.1. The molecule has 0 aromatic heterocycles. The van der Waals surface area contributed by atoms with Crippen LogP contribution in [0.5, 0.6) is 0 Å². The number of carbonyl (C=O) groups is 1. The Morgan fingerprint density at radius 3 is 2.48 bits per heavy atom. The van der Waals surface area contributed by atoms with Gasteiger partial charge >= 0.3 is 0 Å². The van der Waals surface area contributed by atoms with Gasteiger partial charge in [-0.3, -0.25) is 4.79 Å². The molecule has 0 radical (unpaired) electrons. The summed E-state index contributed by atoms with van der Waals surface area (Å²) in [7, 11) is -3.38. The second-order valence-electron chi connectivity index (χ2n) is 6.45. The number of halogens is 2. The van der Waals surface area contributed by atoms with Crippen molar-refractivity contribution >= 4 is 33.2 Å². The Morgan fingerprint density at radius 1 is 1.28 bits per heavy atom. The van der Waals surface area contributed by atoms with Crippen LogP contribution in [0.2, 0.25) is 5.02 Å². The summed E-state index contributed by atoms with van der Waals surface area (Å²) in [6.45, 7) is 0.143. The van der Waals surface area contributed by atoms with E-state index in [1.165, 1.54) is 28.8 Å². The van der Waals surface area contributed by atoms with Crippen LogP contribution in [0, 0.1) is 5.82 Å². The minimum absolute atomic E-state index is 0.0365. The second-order valence-corrected chi connectivity index (χ2v) is 8.79. The first-order chi connectivity index (χ1) is 11.8. The number of hydrogen-bond donors (Lipinski definition) is 1. The Balaban J connectivity index is 1.97. The van der Waals surface area contributed by atoms with Gasteiger partial charge in [0.2, 0.25) is 15.9 Å². The standard InChI is InChI=1S/C17H24ClFN2O3S/c1-25(23,24)21(14-6-4-2-3-5-7-14)11-10-17(22)20-13-8-9-16(19)15(18)12-13/h8-9,12,14H,2-7,10-11H2,1H3,(H,20,22). The smallest absolute Gasteiger partial charge is 0.225 e. The van der Waals surface area contributed by atoms with Gasteiger partial charge in [0.15, 0.2) is 0 Å². The highest BCUT2D eigenvalue weighted by Gasteiger charge is 2.27. The summed E-state index contributed by atoms with van der Waals surface area (Å²) in [6, 6.07) is 3.88. The van der Waals surface area contributed by atoms with Gasteiger partial charge in [0.1, 0.15) is 5.82 Å². The molecule has 0 saturated heterocycles. The molecule has 1 aromatic carbocycles. The van der Waals surface area contributed by atoms with E-state index in [1.807, 2.05) is 0 Å². The van der Waals surface area contributed by atoms with Crippen molar-refractivity contribution in [3.63, 3.8) is 0 Å². The molecule has 1 aliphatic carbocycles. The van der Waals surface area contributed by atoms with Crippen molar-refractivity contribution in [3.8, 4) is 0 Å². The minimum atomic E-state index is -3.38. The highest BCUT2D eigenvalue weighted by atomic mass is 35.5. The average Bonchev–Trinajstić information content (AvgIpc) is 2.79. The second kappa shape index (κ2) is 8.96. The largest absolute Gasteiger partial charge is 0.326 e. The van der Waals surface area contributed by atoms with Gasteiger partial charge in [0.25, 0.3) is 0 Å². The predicted molar refractivity (Wildman–Crippen MR) is 97.7 cm³/mol. The topological polar surface area (TPSA) is 66.5 Å². The molecule has 140 valence electrons. The zero-order valence-electron chi connectivity index (χ0n) is 14.3. The van der Waals surface area contributed by atoms with Gasteiger partial charge < -0.3 is 5.32 Å². The van der Waals surface area contributed by atoms with E-state index >= 15 is 0 Å². The van der Waals surface area contributed by atoms with E-state index in [1.54, 1.807) is 0 Å². The van der Waals surface area contributed by atoms with Crippen LogP contribution in [0.4, 0.5) is 10.1 Å². The lowest BCUT2D eigenvalue weighted by Crippen LogP contribution is -2.41. The Labute approximate surface area is 153 Å². The fourth-order valence-electron chi connectivity index (χ4n) is 3.17. The molecule has 5 nitrogen and oxygen atoms in total. The predicted octanol–water partition coefficient (Wildman–Crippen LogP) is 3.79. The maximum absolute atomic E-state index is 13.1. The highest BCUT2D eigenvalue weighted by molar-refractivity contribution is 7.88. The quantitative estimate of drug-likeness (QED) is 0.751. The lowest BCUT2D eigenvalue weighted by Gasteiger charge is -2.28. The third-order valence-electron chi connectivity index (χ3n) is 4.42. The van der Waals surface area contributed by atoms with Gasteiger partial charge in [-0.2, -0.15) is 4.31 Å². The van der Waals surface area contributed by atoms with Gasteiger partial charge in [-0.05, 0) is 31.0 Å². The Bertz CT molecular complexity index is 704. The van der Waals surface area contributed by atoms with Crippen LogP contribution in [0.15, 0.2) is 18.2 Å². The SMILES string of the molecule is CS(=O)(=O)N(CCC(=O)Nc1ccc(F)c(Cl)c1)C1CCCCCC1. The summed E-state index contributed by atoms with van der Waals surface area (Å²) in [4.78, 5) is 12.1. The zero-order chi connectivity index (χ0) is 18.4. The highest BCUT2D eigenvalue weighted by Crippen LogP contribution is 2.24. The number of sulfonamides is 1. The first-order valence-corrected chi connectivity index (χ1v) is 10.7. The van der Waals surface area contributed by atoms with E-state index < -0.39 is 15.8 Å². The molecule has 1 N–H and O–H groups in total. The Morgan fingerprint density at radius 2 is 1.92 bits per heavy atom. The van der Waals surface area contributed by atoms with Gasteiger partial charge in [-0.15, -0.1) is 0 Å². The molecule has 1 saturated carbocycles. The van der Waals surface area contributed by atoms with E-state index in [9.17, 15) is 17.6 Å². The van der Waals surface area contributed by atoms with Gasteiger partial charge in [0, 0.05) is 24.7 Å². The number of nitrogens with one attached hydrogen (secondary N) is 1. The molecule has 1 aliphatic rings. The third-order valence-corrected chi connectivity index (χ3v) is 6.04. The number of rotatable bonds is 6. The molecule has 25 heavy (non-hydrogen) atoms. The van der Waals surface area contributed by atoms with Crippen molar-refractivity contribution in [1.82, 2.24) is 4.31 Å². The number of amides is 1. The molecule has 0 bridgehead atoms. The van der Waals surface area contributed by atoms with Crippen LogP contribution in [-0.4, -0.2) is 37.5 Å². The monoisotopic (exact) mass is 390 g/mol. The molecule has 2 rings (SSSR count). The van der Waals surface area contributed by atoms with E-state index in [4.69, 9.17) is 11.6 Å².